The van der Waals surface area contributed by atoms with Crippen LogP contribution in [0.5, 0.6) is 11.5 Å². The fraction of sp³-hybridized carbons (Fsp3) is 0.105. The first-order chi connectivity index (χ1) is 14.3. The molecule has 2 aromatic carbocycles. The monoisotopic (exact) mass is 431 g/mol. The van der Waals surface area contributed by atoms with Gasteiger partial charge in [0.1, 0.15) is 17.1 Å². The summed E-state index contributed by atoms with van der Waals surface area (Å²) in [6, 6.07) is 7.77. The zero-order valence-corrected chi connectivity index (χ0v) is 16.5. The summed E-state index contributed by atoms with van der Waals surface area (Å²) in [7, 11) is 2.57. The van der Waals surface area contributed by atoms with Gasteiger partial charge in [-0.2, -0.15) is 0 Å². The Kier molecular flexibility index (Phi) is 5.74. The molecule has 0 radical (unpaired) electrons. The summed E-state index contributed by atoms with van der Waals surface area (Å²) in [6.07, 6.45) is 1.11. The fourth-order valence-corrected chi connectivity index (χ4v) is 3.10. The maximum Gasteiger partial charge on any atom is 0.311 e. The van der Waals surface area contributed by atoms with Crippen molar-refractivity contribution >= 4 is 46.6 Å². The largest absolute Gasteiger partial charge is 0.496 e. The van der Waals surface area contributed by atoms with Crippen molar-refractivity contribution in [2.45, 2.75) is 0 Å². The number of anilines is 1. The Morgan fingerprint density at radius 1 is 1.17 bits per heavy atom. The molecule has 2 aromatic rings. The highest BCUT2D eigenvalue weighted by atomic mass is 32.1. The van der Waals surface area contributed by atoms with Crippen LogP contribution in [0.25, 0.3) is 6.08 Å². The van der Waals surface area contributed by atoms with Gasteiger partial charge in [-0.1, -0.05) is 12.1 Å². The topological polar surface area (TPSA) is 111 Å². The van der Waals surface area contributed by atoms with Crippen molar-refractivity contribution in [3.8, 4) is 11.5 Å². The number of methoxy groups -OCH3 is 2. The zero-order valence-electron chi connectivity index (χ0n) is 15.7. The molecule has 0 aliphatic carbocycles. The summed E-state index contributed by atoms with van der Waals surface area (Å²) < 4.78 is 24.4. The Hall–Kier alpha value is -3.86. The van der Waals surface area contributed by atoms with E-state index < -0.39 is 33.8 Å². The van der Waals surface area contributed by atoms with E-state index in [0.29, 0.717) is 0 Å². The summed E-state index contributed by atoms with van der Waals surface area (Å²) in [5, 5.41) is 13.3. The molecule has 30 heavy (non-hydrogen) atoms. The molecular weight excluding hydrogens is 417 g/mol. The quantitative estimate of drug-likeness (QED) is 0.255. The molecule has 0 saturated carbocycles. The number of carbonyl (C=O) groups is 2. The third-order valence-corrected chi connectivity index (χ3v) is 4.51. The van der Waals surface area contributed by atoms with Crippen LogP contribution in [0, 0.1) is 15.9 Å². The number of para-hydroxylation sites is 1. The van der Waals surface area contributed by atoms with Crippen molar-refractivity contribution < 1.29 is 28.4 Å². The molecule has 3 rings (SSSR count). The molecule has 1 aliphatic rings. The van der Waals surface area contributed by atoms with Crippen molar-refractivity contribution in [2.24, 2.45) is 0 Å². The molecule has 1 fully saturated rings. The van der Waals surface area contributed by atoms with Crippen LogP contribution in [0.15, 0.2) is 42.0 Å². The number of amides is 2. The molecule has 1 saturated heterocycles. The van der Waals surface area contributed by atoms with Gasteiger partial charge in [0.15, 0.2) is 5.11 Å². The van der Waals surface area contributed by atoms with Crippen LogP contribution in [0.1, 0.15) is 5.56 Å². The number of ether oxygens (including phenoxy) is 2. The van der Waals surface area contributed by atoms with Gasteiger partial charge in [0.25, 0.3) is 11.8 Å². The highest BCUT2D eigenvalue weighted by Crippen LogP contribution is 2.36. The van der Waals surface area contributed by atoms with Crippen LogP contribution in [-0.2, 0) is 9.59 Å². The maximum atomic E-state index is 14.2. The Labute approximate surface area is 174 Å². The molecule has 0 spiro atoms. The van der Waals surface area contributed by atoms with E-state index in [-0.39, 0.29) is 27.9 Å². The molecule has 0 aromatic heterocycles. The van der Waals surface area contributed by atoms with Crippen LogP contribution in [0.3, 0.4) is 0 Å². The van der Waals surface area contributed by atoms with Crippen LogP contribution >= 0.6 is 12.2 Å². The Balaban J connectivity index is 2.14. The van der Waals surface area contributed by atoms with Crippen molar-refractivity contribution in [3.63, 3.8) is 0 Å². The third kappa shape index (κ3) is 3.70. The lowest BCUT2D eigenvalue weighted by Gasteiger charge is -2.29. The van der Waals surface area contributed by atoms with Gasteiger partial charge in [-0.05, 0) is 30.4 Å². The summed E-state index contributed by atoms with van der Waals surface area (Å²) in [5.41, 5.74) is -0.879. The molecule has 11 heteroatoms. The number of nitro benzene ring substituents is 1. The minimum Gasteiger partial charge on any atom is -0.496 e. The first-order valence-corrected chi connectivity index (χ1v) is 8.75. The summed E-state index contributed by atoms with van der Waals surface area (Å²) in [4.78, 5) is 36.9. The van der Waals surface area contributed by atoms with Crippen molar-refractivity contribution in [1.82, 2.24) is 5.32 Å². The lowest BCUT2D eigenvalue weighted by molar-refractivity contribution is -0.385. The second-order valence-corrected chi connectivity index (χ2v) is 6.32. The number of thiocarbonyl (C=S) groups is 1. The van der Waals surface area contributed by atoms with Crippen LogP contribution in [0.4, 0.5) is 15.8 Å². The van der Waals surface area contributed by atoms with Gasteiger partial charge in [-0.3, -0.25) is 25.0 Å². The van der Waals surface area contributed by atoms with Crippen molar-refractivity contribution in [1.29, 1.82) is 0 Å². The number of nitro groups is 1. The van der Waals surface area contributed by atoms with E-state index in [2.05, 4.69) is 5.32 Å². The number of nitrogens with zero attached hydrogens (tertiary/aromatic N) is 2. The molecule has 1 aliphatic heterocycles. The predicted octanol–water partition coefficient (Wildman–Crippen LogP) is 2.58. The number of hydrogen-bond donors (Lipinski definition) is 1. The third-order valence-electron chi connectivity index (χ3n) is 4.22. The van der Waals surface area contributed by atoms with E-state index in [4.69, 9.17) is 21.7 Å². The molecule has 0 bridgehead atoms. The average Bonchev–Trinajstić information content (AvgIpc) is 2.71. The standard InChI is InChI=1S/C19H14FN3O6S/c1-28-15-9-16(29-2)14(23(26)27)8-10(15)7-11-17(24)21-19(30)22(18(11)25)13-6-4-3-5-12(13)20/h3-9H,1-2H3,(H,21,24,30)/b11-7+. The lowest BCUT2D eigenvalue weighted by Crippen LogP contribution is -2.54. The minimum atomic E-state index is -0.894. The van der Waals surface area contributed by atoms with Crippen molar-refractivity contribution in [3.05, 3.63) is 63.5 Å². The average molecular weight is 431 g/mol. The van der Waals surface area contributed by atoms with Crippen LogP contribution in [-0.4, -0.2) is 36.1 Å². The highest BCUT2D eigenvalue weighted by Gasteiger charge is 2.36. The van der Waals surface area contributed by atoms with E-state index in [9.17, 15) is 24.1 Å². The Morgan fingerprint density at radius 3 is 2.43 bits per heavy atom. The lowest BCUT2D eigenvalue weighted by atomic mass is 10.0. The van der Waals surface area contributed by atoms with E-state index in [1.807, 2.05) is 0 Å². The SMILES string of the molecule is COc1cc(OC)c([N+](=O)[O-])cc1/C=C1\C(=O)NC(=S)N(c2ccccc2F)C1=O. The Morgan fingerprint density at radius 2 is 1.83 bits per heavy atom. The molecule has 1 heterocycles. The van der Waals surface area contributed by atoms with Gasteiger partial charge in [-0.15, -0.1) is 0 Å². The number of rotatable bonds is 5. The molecule has 9 nitrogen and oxygen atoms in total. The Bertz CT molecular complexity index is 1120. The van der Waals surface area contributed by atoms with Gasteiger partial charge in [-0.25, -0.2) is 9.29 Å². The summed E-state index contributed by atoms with van der Waals surface area (Å²) >= 11 is 5.03. The second kappa shape index (κ2) is 8.25. The molecule has 154 valence electrons. The number of nitrogens with one attached hydrogen (secondary N) is 1. The van der Waals surface area contributed by atoms with Gasteiger partial charge >= 0.3 is 5.69 Å². The van der Waals surface area contributed by atoms with Gasteiger partial charge in [0.2, 0.25) is 5.75 Å². The normalized spacial score (nSPS) is 15.2. The zero-order chi connectivity index (χ0) is 22.0. The maximum absolute atomic E-state index is 14.2. The van der Waals surface area contributed by atoms with Crippen LogP contribution in [0.2, 0.25) is 0 Å². The molecule has 1 N–H and O–H groups in total. The van der Waals surface area contributed by atoms with E-state index in [1.54, 1.807) is 0 Å². The van der Waals surface area contributed by atoms with Gasteiger partial charge < -0.3 is 9.47 Å². The van der Waals surface area contributed by atoms with E-state index >= 15 is 0 Å². The molecule has 0 unspecified atom stereocenters. The minimum absolute atomic E-state index is 0.0624. The first-order valence-electron chi connectivity index (χ1n) is 8.35. The summed E-state index contributed by atoms with van der Waals surface area (Å²) in [5.74, 6) is -2.39. The fourth-order valence-electron chi connectivity index (χ4n) is 2.83. The van der Waals surface area contributed by atoms with Crippen LogP contribution < -0.4 is 19.7 Å². The number of benzene rings is 2. The predicted molar refractivity (Wildman–Crippen MR) is 109 cm³/mol. The van der Waals surface area contributed by atoms with Gasteiger partial charge in [0.05, 0.1) is 24.8 Å². The summed E-state index contributed by atoms with van der Waals surface area (Å²) in [6.45, 7) is 0. The molecular formula is C19H14FN3O6S. The molecule has 2 amide bonds. The van der Waals surface area contributed by atoms with Gasteiger partial charge in [0, 0.05) is 17.7 Å². The number of halogens is 1. The van der Waals surface area contributed by atoms with E-state index in [0.717, 1.165) is 23.1 Å². The smallest absolute Gasteiger partial charge is 0.311 e. The highest BCUT2D eigenvalue weighted by molar-refractivity contribution is 7.80. The number of hydrogen-bond acceptors (Lipinski definition) is 7. The van der Waals surface area contributed by atoms with E-state index in [1.165, 1.54) is 38.5 Å². The molecule has 0 atom stereocenters. The van der Waals surface area contributed by atoms with Crippen molar-refractivity contribution in [2.75, 3.05) is 19.1 Å². The first kappa shape index (κ1) is 20.9. The number of carbonyl (C=O) groups excluding carboxylic acids is 2. The second-order valence-electron chi connectivity index (χ2n) is 5.93.